The van der Waals surface area contributed by atoms with Gasteiger partial charge in [0.15, 0.2) is 12.9 Å². The number of fused-ring (bicyclic) bond motifs is 1. The minimum absolute atomic E-state index is 0.161. The molecule has 0 saturated heterocycles. The number of nitrogens with zero attached hydrogens (tertiary/aromatic N) is 1. The van der Waals surface area contributed by atoms with E-state index in [2.05, 4.69) is 5.32 Å². The Bertz CT molecular complexity index is 1070. The molecule has 0 spiro atoms. The first-order valence-electron chi connectivity index (χ1n) is 8.87. The van der Waals surface area contributed by atoms with Crippen molar-refractivity contribution in [1.29, 1.82) is 0 Å². The molecule has 0 radical (unpaired) electrons. The van der Waals surface area contributed by atoms with Crippen molar-refractivity contribution in [3.63, 3.8) is 0 Å². The number of hydrogen-bond acceptors (Lipinski definition) is 4. The third kappa shape index (κ3) is 4.92. The predicted molar refractivity (Wildman–Crippen MR) is 113 cm³/mol. The standard InChI is InChI=1S/C22H19ClN2O4/c1-25(12-21(27)24-19-9-5-4-8-18(19)23)22(28)14-29-20-11-10-15-6-2-3-7-16(15)17(20)13-26/h2-11,13H,12,14H2,1H3,(H,24,27). The minimum atomic E-state index is -0.399. The van der Waals surface area contributed by atoms with E-state index in [9.17, 15) is 14.4 Å². The number of amides is 2. The van der Waals surface area contributed by atoms with Gasteiger partial charge in [0.1, 0.15) is 5.75 Å². The summed E-state index contributed by atoms with van der Waals surface area (Å²) in [6, 6.07) is 17.7. The molecule has 7 heteroatoms. The Kier molecular flexibility index (Phi) is 6.46. The summed E-state index contributed by atoms with van der Waals surface area (Å²) in [5.74, 6) is -0.460. The van der Waals surface area contributed by atoms with Crippen LogP contribution >= 0.6 is 11.6 Å². The van der Waals surface area contributed by atoms with Gasteiger partial charge in [-0.1, -0.05) is 54.1 Å². The van der Waals surface area contributed by atoms with Crippen LogP contribution in [0.2, 0.25) is 5.02 Å². The Hall–Kier alpha value is -3.38. The molecular formula is C22H19ClN2O4. The molecule has 0 unspecified atom stereocenters. The lowest BCUT2D eigenvalue weighted by molar-refractivity contribution is -0.135. The largest absolute Gasteiger partial charge is 0.483 e. The number of halogens is 1. The van der Waals surface area contributed by atoms with Crippen LogP contribution in [-0.2, 0) is 9.59 Å². The summed E-state index contributed by atoms with van der Waals surface area (Å²) >= 11 is 6.01. The normalized spacial score (nSPS) is 10.4. The van der Waals surface area contributed by atoms with E-state index in [1.807, 2.05) is 30.3 Å². The Labute approximate surface area is 173 Å². The molecule has 148 valence electrons. The molecule has 29 heavy (non-hydrogen) atoms. The number of carbonyl (C=O) groups is 3. The first kappa shape index (κ1) is 20.4. The molecule has 0 atom stereocenters. The number of likely N-dealkylation sites (N-methyl/N-ethyl adjacent to an activating group) is 1. The van der Waals surface area contributed by atoms with E-state index in [0.717, 1.165) is 10.8 Å². The van der Waals surface area contributed by atoms with Crippen LogP contribution in [0.25, 0.3) is 10.8 Å². The molecule has 1 N–H and O–H groups in total. The van der Waals surface area contributed by atoms with E-state index >= 15 is 0 Å². The van der Waals surface area contributed by atoms with E-state index in [0.29, 0.717) is 28.3 Å². The van der Waals surface area contributed by atoms with Gasteiger partial charge in [-0.2, -0.15) is 0 Å². The van der Waals surface area contributed by atoms with Crippen LogP contribution in [0.5, 0.6) is 5.75 Å². The van der Waals surface area contributed by atoms with Gasteiger partial charge in [-0.05, 0) is 29.0 Å². The fourth-order valence-corrected chi connectivity index (χ4v) is 3.01. The summed E-state index contributed by atoms with van der Waals surface area (Å²) in [7, 11) is 1.50. The summed E-state index contributed by atoms with van der Waals surface area (Å²) in [5.41, 5.74) is 0.859. The lowest BCUT2D eigenvalue weighted by Crippen LogP contribution is -2.37. The third-order valence-corrected chi connectivity index (χ3v) is 4.68. The van der Waals surface area contributed by atoms with Crippen molar-refractivity contribution in [3.8, 4) is 5.75 Å². The average Bonchev–Trinajstić information content (AvgIpc) is 2.73. The molecule has 0 heterocycles. The number of para-hydroxylation sites is 1. The summed E-state index contributed by atoms with van der Waals surface area (Å²) in [5, 5.41) is 4.72. The Balaban J connectivity index is 1.60. The highest BCUT2D eigenvalue weighted by Crippen LogP contribution is 2.26. The topological polar surface area (TPSA) is 75.7 Å². The summed E-state index contributed by atoms with van der Waals surface area (Å²) in [6.45, 7) is -0.458. The van der Waals surface area contributed by atoms with Gasteiger partial charge < -0.3 is 15.0 Å². The fraction of sp³-hybridized carbons (Fsp3) is 0.136. The van der Waals surface area contributed by atoms with Crippen molar-refractivity contribution in [2.75, 3.05) is 25.5 Å². The molecule has 2 amide bonds. The van der Waals surface area contributed by atoms with Gasteiger partial charge in [0.2, 0.25) is 5.91 Å². The molecular weight excluding hydrogens is 392 g/mol. The average molecular weight is 411 g/mol. The number of aldehydes is 1. The number of carbonyl (C=O) groups excluding carboxylic acids is 3. The minimum Gasteiger partial charge on any atom is -0.483 e. The predicted octanol–water partition coefficient (Wildman–Crippen LogP) is 3.78. The molecule has 0 aliphatic heterocycles. The molecule has 0 bridgehead atoms. The van der Waals surface area contributed by atoms with E-state index in [1.54, 1.807) is 30.3 Å². The van der Waals surface area contributed by atoms with Crippen molar-refractivity contribution in [2.24, 2.45) is 0 Å². The van der Waals surface area contributed by atoms with Gasteiger partial charge in [0.05, 0.1) is 22.8 Å². The second-order valence-corrected chi connectivity index (χ2v) is 6.79. The molecule has 3 aromatic rings. The zero-order valence-corrected chi connectivity index (χ0v) is 16.5. The second kappa shape index (κ2) is 9.21. The zero-order valence-electron chi connectivity index (χ0n) is 15.7. The van der Waals surface area contributed by atoms with Crippen molar-refractivity contribution < 1.29 is 19.1 Å². The lowest BCUT2D eigenvalue weighted by atomic mass is 10.0. The number of hydrogen-bond donors (Lipinski definition) is 1. The van der Waals surface area contributed by atoms with Gasteiger partial charge >= 0.3 is 0 Å². The SMILES string of the molecule is CN(CC(=O)Nc1ccccc1Cl)C(=O)COc1ccc2ccccc2c1C=O. The molecule has 3 aromatic carbocycles. The number of nitrogens with one attached hydrogen (secondary N) is 1. The second-order valence-electron chi connectivity index (χ2n) is 6.38. The quantitative estimate of drug-likeness (QED) is 0.601. The van der Waals surface area contributed by atoms with Gasteiger partial charge in [-0.25, -0.2) is 0 Å². The number of ether oxygens (including phenoxy) is 1. The molecule has 0 aliphatic carbocycles. The van der Waals surface area contributed by atoms with Crippen molar-refractivity contribution in [1.82, 2.24) is 4.90 Å². The third-order valence-electron chi connectivity index (χ3n) is 4.35. The number of benzene rings is 3. The molecule has 0 aliphatic rings. The highest BCUT2D eigenvalue weighted by molar-refractivity contribution is 6.33. The molecule has 0 fully saturated rings. The van der Waals surface area contributed by atoms with Crippen molar-refractivity contribution >= 4 is 46.2 Å². The van der Waals surface area contributed by atoms with Crippen LogP contribution in [0.3, 0.4) is 0 Å². The van der Waals surface area contributed by atoms with Crippen LogP contribution in [-0.4, -0.2) is 43.2 Å². The van der Waals surface area contributed by atoms with Gasteiger partial charge in [-0.3, -0.25) is 14.4 Å². The first-order chi connectivity index (χ1) is 14.0. The smallest absolute Gasteiger partial charge is 0.260 e. The van der Waals surface area contributed by atoms with Gasteiger partial charge in [0.25, 0.3) is 5.91 Å². The fourth-order valence-electron chi connectivity index (χ4n) is 2.83. The summed E-state index contributed by atoms with van der Waals surface area (Å²) in [4.78, 5) is 37.3. The highest BCUT2D eigenvalue weighted by Gasteiger charge is 2.16. The maximum atomic E-state index is 12.3. The van der Waals surface area contributed by atoms with Gasteiger partial charge in [-0.15, -0.1) is 0 Å². The van der Waals surface area contributed by atoms with E-state index in [4.69, 9.17) is 16.3 Å². The number of rotatable bonds is 7. The van der Waals surface area contributed by atoms with E-state index in [1.165, 1.54) is 11.9 Å². The molecule has 6 nitrogen and oxygen atoms in total. The maximum Gasteiger partial charge on any atom is 0.260 e. The van der Waals surface area contributed by atoms with Crippen LogP contribution in [0, 0.1) is 0 Å². The summed E-state index contributed by atoms with van der Waals surface area (Å²) < 4.78 is 5.56. The van der Waals surface area contributed by atoms with E-state index in [-0.39, 0.29) is 19.1 Å². The van der Waals surface area contributed by atoms with Crippen molar-refractivity contribution in [3.05, 3.63) is 71.2 Å². The Morgan fingerprint density at radius 1 is 1.07 bits per heavy atom. The van der Waals surface area contributed by atoms with Crippen LogP contribution < -0.4 is 10.1 Å². The molecule has 0 aromatic heterocycles. The van der Waals surface area contributed by atoms with Crippen LogP contribution in [0.15, 0.2) is 60.7 Å². The monoisotopic (exact) mass is 410 g/mol. The Morgan fingerprint density at radius 2 is 1.79 bits per heavy atom. The first-order valence-corrected chi connectivity index (χ1v) is 9.25. The Morgan fingerprint density at radius 3 is 2.55 bits per heavy atom. The summed E-state index contributed by atoms with van der Waals surface area (Å²) in [6.07, 6.45) is 0.711. The van der Waals surface area contributed by atoms with Crippen LogP contribution in [0.1, 0.15) is 10.4 Å². The van der Waals surface area contributed by atoms with Crippen LogP contribution in [0.4, 0.5) is 5.69 Å². The lowest BCUT2D eigenvalue weighted by Gasteiger charge is -2.18. The zero-order chi connectivity index (χ0) is 20.8. The van der Waals surface area contributed by atoms with E-state index < -0.39 is 5.91 Å². The molecule has 3 rings (SSSR count). The highest BCUT2D eigenvalue weighted by atomic mass is 35.5. The van der Waals surface area contributed by atoms with Gasteiger partial charge in [0, 0.05) is 7.05 Å². The number of anilines is 1. The maximum absolute atomic E-state index is 12.3. The van der Waals surface area contributed by atoms with Crippen molar-refractivity contribution in [2.45, 2.75) is 0 Å². The molecule has 0 saturated carbocycles.